The van der Waals surface area contributed by atoms with Crippen LogP contribution in [0.3, 0.4) is 0 Å². The highest BCUT2D eigenvalue weighted by Gasteiger charge is 2.68. The van der Waals surface area contributed by atoms with Crippen molar-refractivity contribution in [1.82, 2.24) is 0 Å². The summed E-state index contributed by atoms with van der Waals surface area (Å²) in [5.74, 6) is -0.300. The Kier molecular flexibility index (Phi) is 22.1. The van der Waals surface area contributed by atoms with E-state index in [0.29, 0.717) is 44.9 Å². The Balaban J connectivity index is 0.724. The molecule has 10 rings (SSSR count). The molecule has 18 N–H and O–H groups in total. The fourth-order valence-electron chi connectivity index (χ4n) is 16.2. The van der Waals surface area contributed by atoms with Crippen LogP contribution in [-0.2, 0) is 61.6 Å². The van der Waals surface area contributed by atoms with E-state index in [-0.39, 0.29) is 23.2 Å². The molecule has 0 aromatic rings. The van der Waals surface area contributed by atoms with Gasteiger partial charge in [0.1, 0.15) is 134 Å². The van der Waals surface area contributed by atoms with E-state index in [1.165, 1.54) is 19.6 Å². The Hall–Kier alpha value is -1.50. The maximum Gasteiger partial charge on any atom is 0.187 e. The van der Waals surface area contributed by atoms with Crippen LogP contribution < -0.4 is 0 Å². The third-order valence-corrected chi connectivity index (χ3v) is 21.8. The third kappa shape index (κ3) is 13.1. The molecule has 4 aliphatic carbocycles. The lowest BCUT2D eigenvalue weighted by Gasteiger charge is -2.61. The summed E-state index contributed by atoms with van der Waals surface area (Å²) in [6.07, 6.45) is -39.9. The van der Waals surface area contributed by atoms with Crippen LogP contribution in [0.4, 0.5) is 0 Å². The Morgan fingerprint density at radius 1 is 0.483 bits per heavy atom. The fourth-order valence-corrected chi connectivity index (χ4v) is 16.2. The molecule has 0 amide bonds. The van der Waals surface area contributed by atoms with E-state index in [1.807, 2.05) is 6.92 Å². The number of aliphatic hydroxyl groups excluding tert-OH is 17. The summed E-state index contributed by atoms with van der Waals surface area (Å²) in [4.78, 5) is 0. The van der Waals surface area contributed by atoms with Crippen LogP contribution >= 0.6 is 0 Å². The summed E-state index contributed by atoms with van der Waals surface area (Å²) in [6, 6.07) is 0. The third-order valence-electron chi connectivity index (χ3n) is 21.8. The van der Waals surface area contributed by atoms with Crippen molar-refractivity contribution in [2.45, 2.75) is 288 Å². The van der Waals surface area contributed by atoms with Gasteiger partial charge in [0.15, 0.2) is 37.7 Å². The zero-order valence-corrected chi connectivity index (χ0v) is 50.6. The van der Waals surface area contributed by atoms with Crippen molar-refractivity contribution in [1.29, 1.82) is 0 Å². The lowest BCUT2D eigenvalue weighted by atomic mass is 9.45. The number of hydrogen-bond donors (Lipinski definition) is 18. The van der Waals surface area contributed by atoms with Crippen LogP contribution in [0, 0.1) is 28.6 Å². The number of aliphatic hydroxyl groups is 18. The van der Waals surface area contributed by atoms with Crippen LogP contribution in [0.1, 0.15) is 86.0 Å². The van der Waals surface area contributed by atoms with Gasteiger partial charge in [0.2, 0.25) is 0 Å². The Bertz CT molecular complexity index is 2350. The van der Waals surface area contributed by atoms with Gasteiger partial charge in [-0.2, -0.15) is 0 Å². The topological polar surface area (TPSA) is 484 Å². The largest absolute Gasteiger partial charge is 0.394 e. The van der Waals surface area contributed by atoms with E-state index < -0.39 is 234 Å². The molecular weight excluding hydrogens is 1190 g/mol. The molecule has 0 radical (unpaired) electrons. The normalized spacial score (nSPS) is 55.0. The van der Waals surface area contributed by atoms with Crippen LogP contribution in [-0.4, -0.2) is 327 Å². The van der Waals surface area contributed by atoms with Crippen LogP contribution in [0.15, 0.2) is 11.6 Å². The van der Waals surface area contributed by atoms with Gasteiger partial charge >= 0.3 is 0 Å². The van der Waals surface area contributed by atoms with Gasteiger partial charge < -0.3 is 153 Å². The average molecular weight is 1290 g/mol. The molecule has 6 heterocycles. The van der Waals surface area contributed by atoms with Crippen LogP contribution in [0.5, 0.6) is 0 Å². The minimum atomic E-state index is -1.84. The summed E-state index contributed by atoms with van der Waals surface area (Å²) in [5.41, 5.74) is -0.947. The molecule has 9 fully saturated rings. The van der Waals surface area contributed by atoms with Gasteiger partial charge in [0.05, 0.1) is 56.4 Å². The Morgan fingerprint density at radius 2 is 0.944 bits per heavy atom. The van der Waals surface area contributed by atoms with Crippen molar-refractivity contribution >= 4 is 0 Å². The SMILES string of the molecule is CO[C@H]1[C@@H](O)[C@H](O[C@H]2CC[C@@]3(C)C(=CC[C@@H]4[C@H]3CC[C@]3(C)[C@@H]([C@H](C)O[C@@H]5O[C@H](CO[C@@H]6O[C@H](CO[C@@H]7O[C@@H](C)[C@H](O)[C@@H](O)[C@H]7O)[C@@H](O)[C@H](O)[C@H]6O)[C@@H](O)[C@H](O)[C@H]5O)CC[C@]43O)C2)O[C@H](C)[C@@H]1O[C@@H]1O[C@H](CO[C@@H]2O[C@H](CO)[C@@H](O)[C@H](O)[C@H]2O)[C@@H](O)[C@H](O)[C@H]1O. The van der Waals surface area contributed by atoms with Crippen LogP contribution in [0.2, 0.25) is 0 Å². The quantitative estimate of drug-likeness (QED) is 0.0567. The van der Waals surface area contributed by atoms with E-state index in [9.17, 15) is 91.9 Å². The van der Waals surface area contributed by atoms with Crippen molar-refractivity contribution in [2.75, 3.05) is 33.5 Å². The molecule has 38 atom stereocenters. The number of fused-ring (bicyclic) bond motifs is 5. The molecule has 0 bridgehead atoms. The molecule has 3 saturated carbocycles. The van der Waals surface area contributed by atoms with E-state index in [4.69, 9.17) is 61.6 Å². The summed E-state index contributed by atoms with van der Waals surface area (Å²) >= 11 is 0. The lowest BCUT2D eigenvalue weighted by Crippen LogP contribution is -2.65. The van der Waals surface area contributed by atoms with Crippen LogP contribution in [0.25, 0.3) is 0 Å². The first-order valence-corrected chi connectivity index (χ1v) is 31.2. The molecule has 514 valence electrons. The van der Waals surface area contributed by atoms with E-state index in [0.717, 1.165) is 6.42 Å². The second-order valence-electron chi connectivity index (χ2n) is 26.9. The second-order valence-corrected chi connectivity index (χ2v) is 26.9. The summed E-state index contributed by atoms with van der Waals surface area (Å²) in [6.45, 7) is 6.78. The summed E-state index contributed by atoms with van der Waals surface area (Å²) in [5, 5.41) is 194. The first-order valence-electron chi connectivity index (χ1n) is 31.2. The average Bonchev–Trinajstić information content (AvgIpc) is 1.66. The van der Waals surface area contributed by atoms with Gasteiger partial charge in [-0.25, -0.2) is 0 Å². The van der Waals surface area contributed by atoms with E-state index in [2.05, 4.69) is 19.9 Å². The highest BCUT2D eigenvalue weighted by atomic mass is 16.8. The molecule has 0 aromatic carbocycles. The summed E-state index contributed by atoms with van der Waals surface area (Å²) < 4.78 is 76.4. The second kappa shape index (κ2) is 27.9. The number of allylic oxidation sites excluding steroid dienone is 1. The fraction of sp³-hybridized carbons (Fsp3) is 0.966. The molecule has 0 spiro atoms. The van der Waals surface area contributed by atoms with E-state index in [1.54, 1.807) is 6.92 Å². The molecular formula is C58H96O31. The van der Waals surface area contributed by atoms with Crippen molar-refractivity contribution in [3.05, 3.63) is 11.6 Å². The van der Waals surface area contributed by atoms with Gasteiger partial charge in [0, 0.05) is 12.5 Å². The van der Waals surface area contributed by atoms with Crippen molar-refractivity contribution in [2.24, 2.45) is 28.6 Å². The standard InChI is InChI=1S/C58H96O31/c1-20(81-53-45(73)40(68)35(63)30(87-53)18-80-52-44(72)39(67)34(62)29(86-52)17-78-50-42(70)37(65)32(60)21(2)82-50)25-11-14-58(76)27-8-7-23-15-24(9-12-56(23,4)26(27)10-13-57(25,58)5)84-55-47(75)49(77-6)48(22(3)83-55)89-54-46(74)41(69)36(64)31(88-54)19-79-51-43(71)38(66)33(61)28(16-59)85-51/h7,20-22,24-55,59-76H,8-19H2,1-6H3/t20-,21-,22+,24-,25+,26+,27+,28+,29+,30+,31+,32-,33+,34+,35+,36+,37+,38-,39-,40-,41-,42+,43+,44+,45+,46+,47+,48-,49-,50+,51+,52+,53+,54-,55-,56-,57+,58-/m0/s1. The molecule has 89 heavy (non-hydrogen) atoms. The van der Waals surface area contributed by atoms with Gasteiger partial charge in [-0.3, -0.25) is 0 Å². The van der Waals surface area contributed by atoms with Crippen molar-refractivity contribution < 1.29 is 153 Å². The first kappa shape index (κ1) is 70.3. The monoisotopic (exact) mass is 1290 g/mol. The smallest absolute Gasteiger partial charge is 0.187 e. The minimum absolute atomic E-state index is 0.0890. The Morgan fingerprint density at radius 3 is 1.49 bits per heavy atom. The predicted molar refractivity (Wildman–Crippen MR) is 292 cm³/mol. The molecule has 31 nitrogen and oxygen atoms in total. The maximum absolute atomic E-state index is 13.1. The van der Waals surface area contributed by atoms with Gasteiger partial charge in [-0.05, 0) is 95.3 Å². The summed E-state index contributed by atoms with van der Waals surface area (Å²) in [7, 11) is 1.35. The van der Waals surface area contributed by atoms with Crippen molar-refractivity contribution in [3.8, 4) is 0 Å². The highest BCUT2D eigenvalue weighted by Crippen LogP contribution is 2.69. The maximum atomic E-state index is 13.1. The lowest BCUT2D eigenvalue weighted by molar-refractivity contribution is -0.366. The number of hydrogen-bond acceptors (Lipinski definition) is 31. The predicted octanol–water partition coefficient (Wildman–Crippen LogP) is -6.92. The Labute approximate surface area is 514 Å². The zero-order chi connectivity index (χ0) is 64.7. The minimum Gasteiger partial charge on any atom is -0.394 e. The zero-order valence-electron chi connectivity index (χ0n) is 50.6. The van der Waals surface area contributed by atoms with Crippen molar-refractivity contribution in [3.63, 3.8) is 0 Å². The molecule has 6 aliphatic heterocycles. The highest BCUT2D eigenvalue weighted by molar-refractivity contribution is 5.28. The molecule has 6 saturated heterocycles. The number of rotatable bonds is 18. The molecule has 0 aromatic heterocycles. The van der Waals surface area contributed by atoms with Gasteiger partial charge in [0.25, 0.3) is 0 Å². The molecule has 0 unspecified atom stereocenters. The molecule has 10 aliphatic rings. The van der Waals surface area contributed by atoms with Gasteiger partial charge in [-0.1, -0.05) is 25.5 Å². The number of methoxy groups -OCH3 is 1. The number of ether oxygens (including phenoxy) is 13. The molecule has 31 heteroatoms. The van der Waals surface area contributed by atoms with Gasteiger partial charge in [-0.15, -0.1) is 0 Å². The first-order chi connectivity index (χ1) is 42.0. The van der Waals surface area contributed by atoms with E-state index >= 15 is 0 Å².